The molecule has 60 heavy (non-hydrogen) atoms. The number of nitrogen functional groups attached to an aromatic ring is 1. The van der Waals surface area contributed by atoms with Gasteiger partial charge in [-0.05, 0) is 63.7 Å². The Morgan fingerprint density at radius 1 is 0.633 bits per heavy atom. The Hall–Kier alpha value is -6.63. The lowest BCUT2D eigenvalue weighted by atomic mass is 9.44. The Kier molecular flexibility index (Phi) is 10.6. The minimum absolute atomic E-state index is 0.149. The largest absolute Gasteiger partial charge is 0.497 e. The Morgan fingerprint density at radius 2 is 0.983 bits per heavy atom. The number of aliphatic hydroxyl groups excluding tert-OH is 1. The standard InChI is InChI=1S/C49H44FN3O7/c1-58-39-27-23-37(24-28-39)46(33-15-7-3-8-16-33,34-17-9-4-10-18-34)49(57,43-42(54)48(50,56)44(60-43)53-32-31-41(51)52-45(53)55)47(35-19-11-5-12-20-35,36-21-13-6-14-22-36)38-25-29-40(59-2)30-26-38/h3-32,42-44,54,56-57H,1-2H3,(H2,51,52,55)/t42-,43+,44-,48-/m1/s1. The third kappa shape index (κ3) is 6.08. The molecule has 6 aromatic carbocycles. The normalized spacial score (nSPS) is 19.5. The molecule has 1 aliphatic rings. The molecule has 0 spiro atoms. The first-order valence-corrected chi connectivity index (χ1v) is 19.4. The number of hydrogen-bond acceptors (Lipinski definition) is 9. The zero-order valence-electron chi connectivity index (χ0n) is 32.9. The van der Waals surface area contributed by atoms with E-state index in [0.29, 0.717) is 44.9 Å². The van der Waals surface area contributed by atoms with Crippen molar-refractivity contribution >= 4 is 5.82 Å². The van der Waals surface area contributed by atoms with Crippen LogP contribution in [-0.4, -0.2) is 62.8 Å². The molecule has 5 N–H and O–H groups in total. The quantitative estimate of drug-likeness (QED) is 0.101. The van der Waals surface area contributed by atoms with Gasteiger partial charge < -0.3 is 35.3 Å². The number of alkyl halides is 1. The van der Waals surface area contributed by atoms with Crippen LogP contribution in [0.4, 0.5) is 10.2 Å². The Morgan fingerprint density at radius 3 is 1.32 bits per heavy atom. The van der Waals surface area contributed by atoms with Crippen molar-refractivity contribution in [1.29, 1.82) is 0 Å². The maximum absolute atomic E-state index is 17.6. The molecule has 2 heterocycles. The molecule has 4 atom stereocenters. The highest BCUT2D eigenvalue weighted by Crippen LogP contribution is 2.64. The number of halogens is 1. The number of nitrogens with two attached hydrogens (primary N) is 1. The second-order valence-electron chi connectivity index (χ2n) is 14.8. The van der Waals surface area contributed by atoms with Gasteiger partial charge in [0.1, 0.15) is 35.1 Å². The van der Waals surface area contributed by atoms with E-state index in [2.05, 4.69) is 4.98 Å². The molecule has 304 valence electrons. The molecule has 1 aliphatic heterocycles. The lowest BCUT2D eigenvalue weighted by Crippen LogP contribution is -2.73. The number of methoxy groups -OCH3 is 2. The van der Waals surface area contributed by atoms with Gasteiger partial charge in [-0.25, -0.2) is 9.18 Å². The van der Waals surface area contributed by atoms with Gasteiger partial charge in [0.2, 0.25) is 0 Å². The van der Waals surface area contributed by atoms with Crippen LogP contribution in [-0.2, 0) is 15.6 Å². The van der Waals surface area contributed by atoms with Crippen molar-refractivity contribution in [3.63, 3.8) is 0 Å². The number of nitrogens with zero attached hydrogens (tertiary/aromatic N) is 2. The molecule has 8 rings (SSSR count). The first kappa shape index (κ1) is 40.2. The summed E-state index contributed by atoms with van der Waals surface area (Å²) in [5, 5.41) is 40.2. The van der Waals surface area contributed by atoms with Crippen LogP contribution < -0.4 is 20.9 Å². The van der Waals surface area contributed by atoms with Gasteiger partial charge >= 0.3 is 5.69 Å². The maximum Gasteiger partial charge on any atom is 0.351 e. The van der Waals surface area contributed by atoms with E-state index in [0.717, 1.165) is 10.8 Å². The van der Waals surface area contributed by atoms with Gasteiger partial charge in [-0.1, -0.05) is 146 Å². The number of aliphatic hydroxyl groups is 3. The minimum atomic E-state index is -3.70. The van der Waals surface area contributed by atoms with Gasteiger partial charge in [-0.15, -0.1) is 0 Å². The summed E-state index contributed by atoms with van der Waals surface area (Å²) in [6.45, 7) is 0. The molecule has 0 amide bonds. The van der Waals surface area contributed by atoms with E-state index in [-0.39, 0.29) is 5.82 Å². The predicted octanol–water partition coefficient (Wildman–Crippen LogP) is 6.56. The summed E-state index contributed by atoms with van der Waals surface area (Å²) in [4.78, 5) is 17.2. The van der Waals surface area contributed by atoms with Gasteiger partial charge in [0.05, 0.1) is 25.0 Å². The lowest BCUT2D eigenvalue weighted by Gasteiger charge is -2.61. The number of aromatic nitrogens is 2. The first-order valence-electron chi connectivity index (χ1n) is 19.4. The van der Waals surface area contributed by atoms with Crippen LogP contribution in [0.2, 0.25) is 0 Å². The van der Waals surface area contributed by atoms with Gasteiger partial charge in [-0.2, -0.15) is 4.98 Å². The Labute approximate surface area is 346 Å². The molecular formula is C49H44FN3O7. The molecular weight excluding hydrogens is 762 g/mol. The summed E-state index contributed by atoms with van der Waals surface area (Å²) in [6, 6.07) is 52.4. The summed E-state index contributed by atoms with van der Waals surface area (Å²) < 4.78 is 36.3. The van der Waals surface area contributed by atoms with Crippen molar-refractivity contribution in [3.8, 4) is 11.5 Å². The zero-order chi connectivity index (χ0) is 42.1. The number of ether oxygens (including phenoxy) is 3. The zero-order valence-corrected chi connectivity index (χ0v) is 32.9. The summed E-state index contributed by atoms with van der Waals surface area (Å²) in [6.07, 6.45) is -5.69. The smallest absolute Gasteiger partial charge is 0.351 e. The van der Waals surface area contributed by atoms with Crippen LogP contribution in [0.25, 0.3) is 0 Å². The van der Waals surface area contributed by atoms with Gasteiger partial charge in [0.15, 0.2) is 6.23 Å². The fourth-order valence-corrected chi connectivity index (χ4v) is 9.32. The van der Waals surface area contributed by atoms with Gasteiger partial charge in [0, 0.05) is 6.20 Å². The second kappa shape index (κ2) is 15.9. The highest BCUT2D eigenvalue weighted by molar-refractivity contribution is 5.65. The second-order valence-corrected chi connectivity index (χ2v) is 14.8. The van der Waals surface area contributed by atoms with Crippen LogP contribution in [0.1, 0.15) is 39.6 Å². The van der Waals surface area contributed by atoms with Crippen molar-refractivity contribution in [3.05, 3.63) is 226 Å². The first-order chi connectivity index (χ1) is 29.0. The lowest BCUT2D eigenvalue weighted by molar-refractivity contribution is -0.197. The van der Waals surface area contributed by atoms with Crippen LogP contribution >= 0.6 is 0 Å². The topological polar surface area (TPSA) is 149 Å². The van der Waals surface area contributed by atoms with E-state index < -0.39 is 46.4 Å². The molecule has 7 aromatic rings. The van der Waals surface area contributed by atoms with Crippen LogP contribution in [0.15, 0.2) is 187 Å². The monoisotopic (exact) mass is 805 g/mol. The third-order valence-electron chi connectivity index (χ3n) is 11.9. The number of rotatable bonds is 12. The van der Waals surface area contributed by atoms with Crippen molar-refractivity contribution in [1.82, 2.24) is 9.55 Å². The molecule has 1 saturated heterocycles. The predicted molar refractivity (Wildman–Crippen MR) is 225 cm³/mol. The highest BCUT2D eigenvalue weighted by Gasteiger charge is 2.76. The SMILES string of the molecule is COc1ccc(C(c2ccccc2)(c2ccccc2)C(O)([C@H]2O[C@@H](n3ccc(N)nc3=O)[C@@](O)(F)[C@@H]2O)C(c2ccccc2)(c2ccccc2)c2ccc(OC)cc2)cc1. The molecule has 1 fully saturated rings. The van der Waals surface area contributed by atoms with E-state index in [9.17, 15) is 15.0 Å². The molecule has 0 aliphatic carbocycles. The maximum atomic E-state index is 17.6. The molecule has 0 radical (unpaired) electrons. The van der Waals surface area contributed by atoms with Gasteiger partial charge in [-0.3, -0.25) is 4.57 Å². The van der Waals surface area contributed by atoms with Crippen molar-refractivity contribution in [2.24, 2.45) is 0 Å². The van der Waals surface area contributed by atoms with Crippen molar-refractivity contribution in [2.75, 3.05) is 20.0 Å². The van der Waals surface area contributed by atoms with E-state index >= 15 is 9.50 Å². The number of hydrogen-bond donors (Lipinski definition) is 4. The highest BCUT2D eigenvalue weighted by atomic mass is 19.2. The third-order valence-corrected chi connectivity index (χ3v) is 11.9. The van der Waals surface area contributed by atoms with Crippen LogP contribution in [0.5, 0.6) is 11.5 Å². The fourth-order valence-electron chi connectivity index (χ4n) is 9.32. The molecule has 0 bridgehead atoms. The Balaban J connectivity index is 1.64. The summed E-state index contributed by atoms with van der Waals surface area (Å²) in [5.74, 6) is -2.80. The Bertz CT molecular complexity index is 2380. The van der Waals surface area contributed by atoms with Crippen LogP contribution in [0, 0.1) is 0 Å². The number of benzene rings is 6. The molecule has 0 saturated carbocycles. The molecule has 11 heteroatoms. The van der Waals surface area contributed by atoms with E-state index in [1.807, 2.05) is 146 Å². The summed E-state index contributed by atoms with van der Waals surface area (Å²) >= 11 is 0. The van der Waals surface area contributed by atoms with E-state index in [1.165, 1.54) is 6.07 Å². The molecule has 1 aromatic heterocycles. The fraction of sp³-hybridized carbons (Fsp3) is 0.184. The average molecular weight is 806 g/mol. The van der Waals surface area contributed by atoms with E-state index in [4.69, 9.17) is 19.9 Å². The van der Waals surface area contributed by atoms with Gasteiger partial charge in [0.25, 0.3) is 5.85 Å². The molecule has 0 unspecified atom stereocenters. The van der Waals surface area contributed by atoms with Crippen molar-refractivity contribution < 1.29 is 33.9 Å². The van der Waals surface area contributed by atoms with Crippen LogP contribution in [0.3, 0.4) is 0 Å². The average Bonchev–Trinajstić information content (AvgIpc) is 3.53. The summed E-state index contributed by atoms with van der Waals surface area (Å²) in [7, 11) is 3.09. The minimum Gasteiger partial charge on any atom is -0.497 e. The number of anilines is 1. The van der Waals surface area contributed by atoms with Crippen molar-refractivity contribution in [2.45, 2.75) is 40.7 Å². The summed E-state index contributed by atoms with van der Waals surface area (Å²) in [5.41, 5.74) is 1.41. The van der Waals surface area contributed by atoms with E-state index in [1.54, 1.807) is 38.5 Å². The molecule has 10 nitrogen and oxygen atoms in total.